The van der Waals surface area contributed by atoms with E-state index in [1.807, 2.05) is 30.3 Å². The number of amidine groups is 3. The first-order valence-electron chi connectivity index (χ1n) is 10.4. The number of ether oxygens (including phenoxy) is 2. The van der Waals surface area contributed by atoms with Gasteiger partial charge in [-0.15, -0.1) is 5.10 Å². The van der Waals surface area contributed by atoms with Crippen LogP contribution in [0.15, 0.2) is 64.2 Å². The molecule has 2 aromatic carbocycles. The number of hydrogen-bond acceptors (Lipinski definition) is 7. The molecule has 0 saturated carbocycles. The smallest absolute Gasteiger partial charge is 0.283 e. The van der Waals surface area contributed by atoms with Crippen molar-refractivity contribution in [1.29, 1.82) is 5.41 Å². The molecule has 2 aromatic rings. The summed E-state index contributed by atoms with van der Waals surface area (Å²) in [6.45, 7) is 3.08. The van der Waals surface area contributed by atoms with Crippen LogP contribution in [0.1, 0.15) is 11.1 Å². The fourth-order valence-corrected chi connectivity index (χ4v) is 4.68. The van der Waals surface area contributed by atoms with Crippen LogP contribution in [0.4, 0.5) is 0 Å². The monoisotopic (exact) mass is 481 g/mol. The predicted octanol–water partition coefficient (Wildman–Crippen LogP) is 3.83. The molecular weight excluding hydrogens is 462 g/mol. The minimum Gasteiger partial charge on any atom is -0.487 e. The van der Waals surface area contributed by atoms with E-state index in [-0.39, 0.29) is 11.4 Å². The largest absolute Gasteiger partial charge is 0.487 e. The summed E-state index contributed by atoms with van der Waals surface area (Å²) in [5.41, 5.74) is 1.86. The van der Waals surface area contributed by atoms with Gasteiger partial charge in [0.1, 0.15) is 12.4 Å². The molecule has 1 saturated heterocycles. The molecular formula is C23H20ClN5O3S. The highest BCUT2D eigenvalue weighted by atomic mass is 35.5. The quantitative estimate of drug-likeness (QED) is 0.667. The lowest BCUT2D eigenvalue weighted by Crippen LogP contribution is -2.39. The molecule has 5 rings (SSSR count). The number of rotatable bonds is 4. The maximum atomic E-state index is 12.7. The van der Waals surface area contributed by atoms with Crippen molar-refractivity contribution in [3.63, 3.8) is 0 Å². The Hall–Kier alpha value is -3.14. The van der Waals surface area contributed by atoms with Crippen LogP contribution in [0.5, 0.6) is 5.75 Å². The number of nitrogens with zero attached hydrogens (tertiary/aromatic N) is 4. The maximum absolute atomic E-state index is 12.7. The number of carbonyl (C=O) groups is 1. The molecule has 1 amide bonds. The molecule has 0 bridgehead atoms. The molecule has 3 aliphatic rings. The normalized spacial score (nSPS) is 19.5. The lowest BCUT2D eigenvalue weighted by molar-refractivity contribution is -0.114. The standard InChI is InChI=1S/C23H20ClN5O3S/c24-18-13-16(6-7-19(18)32-14-15-4-2-1-3-5-15)12-17-20(25)29-22(26-21(17)30)33-23(27-29)28-8-10-31-11-9-28/h1-7,12-13,25H,8-11,14H2/b17-12-,25-20?. The van der Waals surface area contributed by atoms with Crippen LogP contribution >= 0.6 is 23.4 Å². The van der Waals surface area contributed by atoms with Crippen molar-refractivity contribution in [2.24, 2.45) is 10.1 Å². The molecule has 1 fully saturated rings. The predicted molar refractivity (Wildman–Crippen MR) is 130 cm³/mol. The van der Waals surface area contributed by atoms with E-state index in [9.17, 15) is 4.79 Å². The van der Waals surface area contributed by atoms with Gasteiger partial charge in [0.05, 0.1) is 23.8 Å². The molecule has 0 aliphatic carbocycles. The van der Waals surface area contributed by atoms with E-state index in [0.29, 0.717) is 54.4 Å². The Balaban J connectivity index is 1.33. The van der Waals surface area contributed by atoms with Gasteiger partial charge in [0, 0.05) is 13.1 Å². The van der Waals surface area contributed by atoms with Crippen molar-refractivity contribution in [3.8, 4) is 5.75 Å². The average Bonchev–Trinajstić information content (AvgIpc) is 3.27. The zero-order valence-electron chi connectivity index (χ0n) is 17.5. The minimum atomic E-state index is -0.474. The zero-order valence-corrected chi connectivity index (χ0v) is 19.1. The van der Waals surface area contributed by atoms with Crippen molar-refractivity contribution in [2.45, 2.75) is 6.61 Å². The van der Waals surface area contributed by atoms with E-state index in [1.165, 1.54) is 16.8 Å². The Morgan fingerprint density at radius 2 is 1.94 bits per heavy atom. The molecule has 0 radical (unpaired) electrons. The molecule has 0 unspecified atom stereocenters. The van der Waals surface area contributed by atoms with E-state index in [1.54, 1.807) is 24.3 Å². The van der Waals surface area contributed by atoms with E-state index in [2.05, 4.69) is 15.0 Å². The van der Waals surface area contributed by atoms with Crippen LogP contribution < -0.4 is 4.74 Å². The van der Waals surface area contributed by atoms with Gasteiger partial charge in [-0.05, 0) is 41.1 Å². The van der Waals surface area contributed by atoms with Crippen LogP contribution in [0.25, 0.3) is 6.08 Å². The minimum absolute atomic E-state index is 0.0127. The second-order valence-corrected chi connectivity index (χ2v) is 8.81. The number of aliphatic imine (C=N–C) groups is 1. The third kappa shape index (κ3) is 4.66. The second kappa shape index (κ2) is 9.38. The van der Waals surface area contributed by atoms with Gasteiger partial charge in [0.2, 0.25) is 5.17 Å². The molecule has 8 nitrogen and oxygen atoms in total. The summed E-state index contributed by atoms with van der Waals surface area (Å²) in [5.74, 6) is 0.0581. The highest BCUT2D eigenvalue weighted by molar-refractivity contribution is 8.26. The zero-order chi connectivity index (χ0) is 22.8. The molecule has 3 aliphatic heterocycles. The van der Waals surface area contributed by atoms with E-state index in [4.69, 9.17) is 26.5 Å². The van der Waals surface area contributed by atoms with Crippen molar-refractivity contribution >= 4 is 51.5 Å². The molecule has 3 heterocycles. The van der Waals surface area contributed by atoms with Gasteiger partial charge in [-0.25, -0.2) is 0 Å². The maximum Gasteiger partial charge on any atom is 0.283 e. The third-order valence-corrected chi connectivity index (χ3v) is 6.49. The van der Waals surface area contributed by atoms with E-state index in [0.717, 1.165) is 10.7 Å². The van der Waals surface area contributed by atoms with Crippen LogP contribution in [0.2, 0.25) is 5.02 Å². The van der Waals surface area contributed by atoms with Crippen LogP contribution in [-0.4, -0.2) is 58.3 Å². The summed E-state index contributed by atoms with van der Waals surface area (Å²) in [5, 5.41) is 16.0. The summed E-state index contributed by atoms with van der Waals surface area (Å²) in [4.78, 5) is 18.9. The molecule has 0 atom stereocenters. The number of amides is 1. The fraction of sp³-hybridized carbons (Fsp3) is 0.217. The van der Waals surface area contributed by atoms with Gasteiger partial charge >= 0.3 is 0 Å². The third-order valence-electron chi connectivity index (χ3n) is 5.23. The van der Waals surface area contributed by atoms with Gasteiger partial charge in [-0.1, -0.05) is 48.0 Å². The Kier molecular flexibility index (Phi) is 6.17. The van der Waals surface area contributed by atoms with Gasteiger partial charge in [-0.3, -0.25) is 10.2 Å². The molecule has 10 heteroatoms. The summed E-state index contributed by atoms with van der Waals surface area (Å²) in [6, 6.07) is 15.1. The first kappa shape index (κ1) is 21.7. The number of morpholine rings is 1. The van der Waals surface area contributed by atoms with Crippen LogP contribution in [-0.2, 0) is 16.1 Å². The first-order chi connectivity index (χ1) is 16.1. The number of thioether (sulfide) groups is 1. The van der Waals surface area contributed by atoms with Gasteiger partial charge in [0.25, 0.3) is 5.91 Å². The molecule has 0 spiro atoms. The number of carbonyl (C=O) groups excluding carboxylic acids is 1. The summed E-state index contributed by atoms with van der Waals surface area (Å²) in [7, 11) is 0. The number of nitrogens with one attached hydrogen (secondary N) is 1. The summed E-state index contributed by atoms with van der Waals surface area (Å²) >= 11 is 7.70. The lowest BCUT2D eigenvalue weighted by atomic mass is 10.1. The number of benzene rings is 2. The summed E-state index contributed by atoms with van der Waals surface area (Å²) in [6.07, 6.45) is 1.60. The SMILES string of the molecule is N=C1/C(=C/c2ccc(OCc3ccccc3)c(Cl)c2)C(=O)N=C2SC(N3CCOCC3)=NN12. The summed E-state index contributed by atoms with van der Waals surface area (Å²) < 4.78 is 11.2. The van der Waals surface area contributed by atoms with Crippen LogP contribution in [0, 0.1) is 5.41 Å². The van der Waals surface area contributed by atoms with E-state index < -0.39 is 5.91 Å². The van der Waals surface area contributed by atoms with Gasteiger partial charge in [0.15, 0.2) is 11.0 Å². The van der Waals surface area contributed by atoms with Crippen molar-refractivity contribution in [3.05, 3.63) is 70.3 Å². The highest BCUT2D eigenvalue weighted by Crippen LogP contribution is 2.31. The Morgan fingerprint density at radius 3 is 2.70 bits per heavy atom. The number of hydrazone groups is 1. The van der Waals surface area contributed by atoms with Crippen molar-refractivity contribution < 1.29 is 14.3 Å². The fourth-order valence-electron chi connectivity index (χ4n) is 3.49. The Morgan fingerprint density at radius 1 is 1.15 bits per heavy atom. The molecule has 33 heavy (non-hydrogen) atoms. The second-order valence-electron chi connectivity index (χ2n) is 7.47. The van der Waals surface area contributed by atoms with Gasteiger partial charge in [-0.2, -0.15) is 10.0 Å². The van der Waals surface area contributed by atoms with Gasteiger partial charge < -0.3 is 14.4 Å². The highest BCUT2D eigenvalue weighted by Gasteiger charge is 2.37. The van der Waals surface area contributed by atoms with Crippen molar-refractivity contribution in [1.82, 2.24) is 9.91 Å². The number of hydrogen-bond donors (Lipinski definition) is 1. The molecule has 168 valence electrons. The average molecular weight is 482 g/mol. The Labute approximate surface area is 200 Å². The van der Waals surface area contributed by atoms with Crippen molar-refractivity contribution in [2.75, 3.05) is 26.3 Å². The Bertz CT molecular complexity index is 1190. The number of fused-ring (bicyclic) bond motifs is 1. The molecule has 1 N–H and O–H groups in total. The number of halogens is 1. The lowest BCUT2D eigenvalue weighted by Gasteiger charge is -2.26. The van der Waals surface area contributed by atoms with E-state index >= 15 is 0 Å². The topological polar surface area (TPSA) is 90.6 Å². The van der Waals surface area contributed by atoms with Crippen LogP contribution in [0.3, 0.4) is 0 Å². The first-order valence-corrected chi connectivity index (χ1v) is 11.6. The molecule has 0 aromatic heterocycles.